The monoisotopic (exact) mass is 411 g/mol. The van der Waals surface area contributed by atoms with Gasteiger partial charge in [-0.05, 0) is 31.2 Å². The number of aromatic nitrogens is 2. The van der Waals surface area contributed by atoms with E-state index in [1.807, 2.05) is 0 Å². The van der Waals surface area contributed by atoms with Gasteiger partial charge in [0.1, 0.15) is 29.0 Å². The van der Waals surface area contributed by atoms with Crippen LogP contribution in [0.5, 0.6) is 5.75 Å². The van der Waals surface area contributed by atoms with Gasteiger partial charge in [-0.15, -0.1) is 0 Å². The van der Waals surface area contributed by atoms with E-state index < -0.39 is 28.9 Å². The third-order valence-electron chi connectivity index (χ3n) is 5.02. The van der Waals surface area contributed by atoms with Crippen molar-refractivity contribution in [1.29, 1.82) is 0 Å². The van der Waals surface area contributed by atoms with E-state index in [1.165, 1.54) is 31.4 Å². The molecule has 2 aromatic carbocycles. The second-order valence-corrected chi connectivity index (χ2v) is 6.62. The Balaban J connectivity index is 2.10. The maximum absolute atomic E-state index is 15.0. The van der Waals surface area contributed by atoms with E-state index in [0.29, 0.717) is 0 Å². The Labute approximate surface area is 169 Å². The fourth-order valence-electron chi connectivity index (χ4n) is 3.69. The number of hydrogen-bond acceptors (Lipinski definition) is 6. The van der Waals surface area contributed by atoms with E-state index in [1.54, 1.807) is 19.1 Å². The number of nitrogens with zero attached hydrogens (tertiary/aromatic N) is 2. The molecule has 0 fully saturated rings. The van der Waals surface area contributed by atoms with Crippen molar-refractivity contribution < 1.29 is 18.7 Å². The SMILES string of the molecule is CCOC(=O)C1=C(N)n2c(=O)c3ccccc3c(=O)n2[C@@H]1c1ccc(OC)cc1F. The quantitative estimate of drug-likeness (QED) is 0.654. The summed E-state index contributed by atoms with van der Waals surface area (Å²) in [5.41, 5.74) is 4.76. The molecule has 1 atom stereocenters. The zero-order chi connectivity index (χ0) is 21.6. The number of esters is 1. The standard InChI is InChI=1S/C21H18FN3O5/c1-3-30-21(28)16-17(14-9-8-11(29-2)10-15(14)22)24-19(26)12-6-4-5-7-13(12)20(27)25(24)18(16)23/h4-10,17H,3,23H2,1-2H3/t17-/m1/s1. The first-order valence-electron chi connectivity index (χ1n) is 9.17. The van der Waals surface area contributed by atoms with E-state index in [2.05, 4.69) is 0 Å². The number of methoxy groups -OCH3 is 1. The maximum atomic E-state index is 15.0. The lowest BCUT2D eigenvalue weighted by atomic mass is 9.98. The predicted molar refractivity (Wildman–Crippen MR) is 108 cm³/mol. The molecular formula is C21H18FN3O5. The van der Waals surface area contributed by atoms with Crippen molar-refractivity contribution in [2.75, 3.05) is 13.7 Å². The smallest absolute Gasteiger partial charge is 0.340 e. The summed E-state index contributed by atoms with van der Waals surface area (Å²) in [6.07, 6.45) is 0. The van der Waals surface area contributed by atoms with Crippen LogP contribution in [-0.2, 0) is 9.53 Å². The number of hydrogen-bond donors (Lipinski definition) is 1. The van der Waals surface area contributed by atoms with Gasteiger partial charge in [-0.2, -0.15) is 4.68 Å². The number of fused-ring (bicyclic) bond motifs is 2. The molecule has 0 saturated heterocycles. The van der Waals surface area contributed by atoms with Crippen LogP contribution < -0.4 is 21.6 Å². The van der Waals surface area contributed by atoms with Crippen molar-refractivity contribution in [3.8, 4) is 5.75 Å². The van der Waals surface area contributed by atoms with Crippen LogP contribution in [0.1, 0.15) is 18.5 Å². The minimum Gasteiger partial charge on any atom is -0.497 e. The summed E-state index contributed by atoms with van der Waals surface area (Å²) >= 11 is 0. The van der Waals surface area contributed by atoms with Gasteiger partial charge in [-0.1, -0.05) is 12.1 Å². The fraction of sp³-hybridized carbons (Fsp3) is 0.190. The van der Waals surface area contributed by atoms with Crippen molar-refractivity contribution >= 4 is 22.6 Å². The number of nitrogens with two attached hydrogens (primary N) is 1. The first kappa shape index (κ1) is 19.4. The predicted octanol–water partition coefficient (Wildman–Crippen LogP) is 1.60. The Morgan fingerprint density at radius 3 is 2.40 bits per heavy atom. The minimum absolute atomic E-state index is 0.0233. The van der Waals surface area contributed by atoms with Crippen LogP contribution >= 0.6 is 0 Å². The number of ether oxygens (including phenoxy) is 2. The first-order chi connectivity index (χ1) is 14.4. The molecular weight excluding hydrogens is 393 g/mol. The summed E-state index contributed by atoms with van der Waals surface area (Å²) in [6.45, 7) is 1.64. The highest BCUT2D eigenvalue weighted by molar-refractivity contribution is 5.97. The molecule has 1 aromatic heterocycles. The second kappa shape index (κ2) is 7.18. The van der Waals surface area contributed by atoms with Gasteiger partial charge < -0.3 is 15.2 Å². The second-order valence-electron chi connectivity index (χ2n) is 6.62. The van der Waals surface area contributed by atoms with Crippen LogP contribution in [0.3, 0.4) is 0 Å². The lowest BCUT2D eigenvalue weighted by Gasteiger charge is -2.19. The van der Waals surface area contributed by atoms with E-state index in [-0.39, 0.29) is 40.1 Å². The van der Waals surface area contributed by atoms with Crippen molar-refractivity contribution in [2.24, 2.45) is 5.73 Å². The zero-order valence-corrected chi connectivity index (χ0v) is 16.2. The number of carbonyl (C=O) groups excluding carboxylic acids is 1. The molecule has 4 rings (SSSR count). The minimum atomic E-state index is -1.28. The summed E-state index contributed by atoms with van der Waals surface area (Å²) in [4.78, 5) is 39.1. The molecule has 2 heterocycles. The molecule has 0 spiro atoms. The maximum Gasteiger partial charge on any atom is 0.340 e. The third kappa shape index (κ3) is 2.70. The number of halogens is 1. The van der Waals surface area contributed by atoms with Gasteiger partial charge in [-0.3, -0.25) is 9.59 Å². The van der Waals surface area contributed by atoms with Crippen molar-refractivity contribution in [2.45, 2.75) is 13.0 Å². The topological polar surface area (TPSA) is 106 Å². The van der Waals surface area contributed by atoms with Gasteiger partial charge in [0.2, 0.25) is 0 Å². The van der Waals surface area contributed by atoms with Crippen LogP contribution in [0.15, 0.2) is 57.6 Å². The summed E-state index contributed by atoms with van der Waals surface area (Å²) < 4.78 is 27.0. The summed E-state index contributed by atoms with van der Waals surface area (Å²) in [7, 11) is 1.39. The summed E-state index contributed by atoms with van der Waals surface area (Å²) in [5.74, 6) is -1.59. The molecule has 30 heavy (non-hydrogen) atoms. The highest BCUT2D eigenvalue weighted by Crippen LogP contribution is 2.36. The lowest BCUT2D eigenvalue weighted by molar-refractivity contribution is -0.138. The number of carbonyl (C=O) groups is 1. The van der Waals surface area contributed by atoms with Gasteiger partial charge >= 0.3 is 5.97 Å². The van der Waals surface area contributed by atoms with Crippen molar-refractivity contribution in [3.05, 3.63) is 80.1 Å². The molecule has 0 radical (unpaired) electrons. The highest BCUT2D eigenvalue weighted by Gasteiger charge is 2.40. The third-order valence-corrected chi connectivity index (χ3v) is 5.02. The van der Waals surface area contributed by atoms with Gasteiger partial charge in [0.25, 0.3) is 11.1 Å². The number of rotatable bonds is 4. The highest BCUT2D eigenvalue weighted by atomic mass is 19.1. The largest absolute Gasteiger partial charge is 0.497 e. The van der Waals surface area contributed by atoms with Gasteiger partial charge in [0.05, 0.1) is 24.5 Å². The van der Waals surface area contributed by atoms with E-state index in [9.17, 15) is 18.8 Å². The van der Waals surface area contributed by atoms with Crippen molar-refractivity contribution in [1.82, 2.24) is 9.36 Å². The molecule has 0 bridgehead atoms. The molecule has 0 saturated carbocycles. The first-order valence-corrected chi connectivity index (χ1v) is 9.17. The van der Waals surface area contributed by atoms with Crippen LogP contribution in [0, 0.1) is 5.82 Å². The zero-order valence-electron chi connectivity index (χ0n) is 16.2. The summed E-state index contributed by atoms with van der Waals surface area (Å²) in [6, 6.07) is 8.93. The van der Waals surface area contributed by atoms with E-state index >= 15 is 0 Å². The lowest BCUT2D eigenvalue weighted by Crippen LogP contribution is -2.38. The molecule has 1 aliphatic rings. The summed E-state index contributed by atoms with van der Waals surface area (Å²) in [5, 5.41) is 0.274. The Morgan fingerprint density at radius 1 is 1.13 bits per heavy atom. The van der Waals surface area contributed by atoms with Gasteiger partial charge in [-0.25, -0.2) is 13.9 Å². The Morgan fingerprint density at radius 2 is 1.80 bits per heavy atom. The van der Waals surface area contributed by atoms with Crippen molar-refractivity contribution in [3.63, 3.8) is 0 Å². The van der Waals surface area contributed by atoms with Gasteiger partial charge in [0.15, 0.2) is 0 Å². The molecule has 3 aromatic rings. The molecule has 2 N–H and O–H groups in total. The molecule has 0 amide bonds. The van der Waals surface area contributed by atoms with Crippen LogP contribution in [0.4, 0.5) is 4.39 Å². The van der Waals surface area contributed by atoms with E-state index in [0.717, 1.165) is 15.4 Å². The number of benzene rings is 2. The van der Waals surface area contributed by atoms with Gasteiger partial charge in [0, 0.05) is 11.6 Å². The molecule has 0 aliphatic carbocycles. The van der Waals surface area contributed by atoms with Crippen LogP contribution in [-0.4, -0.2) is 29.0 Å². The Kier molecular flexibility index (Phi) is 4.65. The fourth-order valence-corrected chi connectivity index (χ4v) is 3.69. The normalized spacial score (nSPS) is 15.4. The molecule has 8 nitrogen and oxygen atoms in total. The van der Waals surface area contributed by atoms with Crippen LogP contribution in [0.25, 0.3) is 16.6 Å². The average molecular weight is 411 g/mol. The average Bonchev–Trinajstić information content (AvgIpc) is 3.05. The Hall–Kier alpha value is -3.88. The molecule has 0 unspecified atom stereocenters. The molecule has 154 valence electrons. The van der Waals surface area contributed by atoms with Crippen LogP contribution in [0.2, 0.25) is 0 Å². The molecule has 1 aliphatic heterocycles. The van der Waals surface area contributed by atoms with E-state index in [4.69, 9.17) is 15.2 Å². The molecule has 9 heteroatoms. The Bertz CT molecular complexity index is 1340.